The van der Waals surface area contributed by atoms with Crippen molar-refractivity contribution in [2.45, 2.75) is 20.8 Å². The van der Waals surface area contributed by atoms with E-state index in [4.69, 9.17) is 10.6 Å². The number of hydrogen-bond acceptors (Lipinski definition) is 4. The number of aryl methyl sites for hydroxylation is 1. The predicted octanol–water partition coefficient (Wildman–Crippen LogP) is 1.48. The summed E-state index contributed by atoms with van der Waals surface area (Å²) in [5.41, 5.74) is 7.38. The molecule has 0 fully saturated rings. The summed E-state index contributed by atoms with van der Waals surface area (Å²) in [7, 11) is 3.72. The zero-order valence-corrected chi connectivity index (χ0v) is 10.7. The summed E-state index contributed by atoms with van der Waals surface area (Å²) < 4.78 is 5.39. The van der Waals surface area contributed by atoms with Gasteiger partial charge >= 0.3 is 0 Å². The van der Waals surface area contributed by atoms with Crippen molar-refractivity contribution in [3.05, 3.63) is 22.8 Å². The van der Waals surface area contributed by atoms with Crippen LogP contribution in [0.3, 0.4) is 0 Å². The second-order valence-corrected chi connectivity index (χ2v) is 4.06. The Morgan fingerprint density at radius 2 is 1.94 bits per heavy atom. The standard InChI is InChI=1S/C12H21N3O/c1-8-6-11(15(4)7-14-13)9(2)10(3)12(8)16-5/h6,14H,7,13H2,1-5H3. The molecule has 0 bridgehead atoms. The van der Waals surface area contributed by atoms with Crippen LogP contribution in [0.1, 0.15) is 16.7 Å². The average Bonchev–Trinajstić information content (AvgIpc) is 2.24. The second kappa shape index (κ2) is 5.18. The minimum atomic E-state index is 0.617. The van der Waals surface area contributed by atoms with Gasteiger partial charge in [-0.1, -0.05) is 0 Å². The fraction of sp³-hybridized carbons (Fsp3) is 0.500. The minimum Gasteiger partial charge on any atom is -0.496 e. The maximum atomic E-state index is 5.39. The smallest absolute Gasteiger partial charge is 0.125 e. The summed E-state index contributed by atoms with van der Waals surface area (Å²) in [6.45, 7) is 6.85. The molecule has 0 aliphatic rings. The Morgan fingerprint density at radius 1 is 1.31 bits per heavy atom. The molecule has 0 aromatic heterocycles. The number of hydrogen-bond donors (Lipinski definition) is 2. The predicted molar refractivity (Wildman–Crippen MR) is 67.8 cm³/mol. The van der Waals surface area contributed by atoms with Crippen LogP contribution in [0.15, 0.2) is 6.07 Å². The van der Waals surface area contributed by atoms with Crippen molar-refractivity contribution in [3.8, 4) is 5.75 Å². The molecule has 1 rings (SSSR count). The Labute approximate surface area is 97.4 Å². The lowest BCUT2D eigenvalue weighted by Crippen LogP contribution is -2.35. The van der Waals surface area contributed by atoms with E-state index < -0.39 is 0 Å². The molecule has 1 aromatic carbocycles. The zero-order chi connectivity index (χ0) is 12.3. The SMILES string of the molecule is COc1c(C)cc(N(C)CNN)c(C)c1C. The van der Waals surface area contributed by atoms with Crippen molar-refractivity contribution in [2.24, 2.45) is 5.84 Å². The van der Waals surface area contributed by atoms with Crippen LogP contribution in [0.25, 0.3) is 0 Å². The van der Waals surface area contributed by atoms with Gasteiger partial charge in [-0.05, 0) is 43.5 Å². The van der Waals surface area contributed by atoms with E-state index in [-0.39, 0.29) is 0 Å². The summed E-state index contributed by atoms with van der Waals surface area (Å²) in [5, 5.41) is 0. The fourth-order valence-corrected chi connectivity index (χ4v) is 1.97. The highest BCUT2D eigenvalue weighted by molar-refractivity contribution is 5.62. The van der Waals surface area contributed by atoms with Crippen LogP contribution in [0.2, 0.25) is 0 Å². The van der Waals surface area contributed by atoms with Gasteiger partial charge in [0.2, 0.25) is 0 Å². The van der Waals surface area contributed by atoms with Crippen LogP contribution >= 0.6 is 0 Å². The lowest BCUT2D eigenvalue weighted by atomic mass is 10.0. The maximum Gasteiger partial charge on any atom is 0.125 e. The van der Waals surface area contributed by atoms with Crippen molar-refractivity contribution in [2.75, 3.05) is 25.7 Å². The van der Waals surface area contributed by atoms with Crippen molar-refractivity contribution in [1.29, 1.82) is 0 Å². The second-order valence-electron chi connectivity index (χ2n) is 4.06. The third kappa shape index (κ3) is 2.28. The molecule has 16 heavy (non-hydrogen) atoms. The monoisotopic (exact) mass is 223 g/mol. The lowest BCUT2D eigenvalue weighted by Gasteiger charge is -2.24. The number of hydrazine groups is 1. The van der Waals surface area contributed by atoms with Crippen LogP contribution in [0.4, 0.5) is 5.69 Å². The summed E-state index contributed by atoms with van der Waals surface area (Å²) in [6, 6.07) is 2.12. The summed E-state index contributed by atoms with van der Waals surface area (Å²) in [5.74, 6) is 6.30. The Bertz CT molecular complexity index is 377. The third-order valence-electron chi connectivity index (χ3n) is 2.94. The summed E-state index contributed by atoms with van der Waals surface area (Å²) in [4.78, 5) is 2.08. The number of nitrogens with two attached hydrogens (primary N) is 1. The largest absolute Gasteiger partial charge is 0.496 e. The molecule has 3 N–H and O–H groups in total. The van der Waals surface area contributed by atoms with E-state index in [1.165, 1.54) is 16.8 Å². The lowest BCUT2D eigenvalue weighted by molar-refractivity contribution is 0.408. The van der Waals surface area contributed by atoms with Crippen molar-refractivity contribution in [3.63, 3.8) is 0 Å². The average molecular weight is 223 g/mol. The quantitative estimate of drug-likeness (QED) is 0.461. The highest BCUT2D eigenvalue weighted by Crippen LogP contribution is 2.32. The number of ether oxygens (including phenoxy) is 1. The first-order valence-electron chi connectivity index (χ1n) is 5.32. The molecular weight excluding hydrogens is 202 g/mol. The molecule has 1 aromatic rings. The van der Waals surface area contributed by atoms with Gasteiger partial charge in [0.15, 0.2) is 0 Å². The summed E-state index contributed by atoms with van der Waals surface area (Å²) >= 11 is 0. The van der Waals surface area contributed by atoms with Gasteiger partial charge in [-0.15, -0.1) is 0 Å². The van der Waals surface area contributed by atoms with Crippen LogP contribution < -0.4 is 20.9 Å². The molecule has 0 unspecified atom stereocenters. The molecule has 0 radical (unpaired) electrons. The molecule has 0 aliphatic heterocycles. The van der Waals surface area contributed by atoms with Crippen LogP contribution in [-0.2, 0) is 0 Å². The normalized spacial score (nSPS) is 10.4. The van der Waals surface area contributed by atoms with Crippen molar-refractivity contribution < 1.29 is 4.74 Å². The molecule has 0 saturated heterocycles. The molecule has 0 atom stereocenters. The van der Waals surface area contributed by atoms with Gasteiger partial charge in [-0.25, -0.2) is 5.43 Å². The fourth-order valence-electron chi connectivity index (χ4n) is 1.97. The van der Waals surface area contributed by atoms with Gasteiger partial charge in [-0.3, -0.25) is 5.84 Å². The Hall–Kier alpha value is -1.26. The number of rotatable bonds is 4. The molecule has 0 heterocycles. The first-order chi connectivity index (χ1) is 7.52. The van der Waals surface area contributed by atoms with Gasteiger partial charge in [0, 0.05) is 12.7 Å². The first kappa shape index (κ1) is 12.8. The molecule has 0 aliphatic carbocycles. The van der Waals surface area contributed by atoms with Crippen LogP contribution in [-0.4, -0.2) is 20.8 Å². The molecule has 0 spiro atoms. The highest BCUT2D eigenvalue weighted by Gasteiger charge is 2.12. The van der Waals surface area contributed by atoms with Gasteiger partial charge in [0.05, 0.1) is 13.8 Å². The topological polar surface area (TPSA) is 50.5 Å². The van der Waals surface area contributed by atoms with E-state index in [0.717, 1.165) is 11.3 Å². The molecular formula is C12H21N3O. The van der Waals surface area contributed by atoms with E-state index in [2.05, 4.69) is 37.2 Å². The van der Waals surface area contributed by atoms with E-state index in [9.17, 15) is 0 Å². The van der Waals surface area contributed by atoms with Crippen LogP contribution in [0.5, 0.6) is 5.75 Å². The molecule has 4 nitrogen and oxygen atoms in total. The minimum absolute atomic E-state index is 0.617. The molecule has 0 amide bonds. The van der Waals surface area contributed by atoms with E-state index in [1.54, 1.807) is 7.11 Å². The third-order valence-corrected chi connectivity index (χ3v) is 2.94. The van der Waals surface area contributed by atoms with Gasteiger partial charge in [0.25, 0.3) is 0 Å². The number of nitrogens with zero attached hydrogens (tertiary/aromatic N) is 1. The zero-order valence-electron chi connectivity index (χ0n) is 10.7. The number of nitrogens with one attached hydrogen (secondary N) is 1. The Morgan fingerprint density at radius 3 is 2.44 bits per heavy atom. The van der Waals surface area contributed by atoms with Crippen molar-refractivity contribution >= 4 is 5.69 Å². The molecule has 4 heteroatoms. The number of methoxy groups -OCH3 is 1. The van der Waals surface area contributed by atoms with Crippen molar-refractivity contribution in [1.82, 2.24) is 5.43 Å². The number of benzene rings is 1. The van der Waals surface area contributed by atoms with E-state index >= 15 is 0 Å². The maximum absolute atomic E-state index is 5.39. The summed E-state index contributed by atoms with van der Waals surface area (Å²) in [6.07, 6.45) is 0. The van der Waals surface area contributed by atoms with Gasteiger partial charge in [-0.2, -0.15) is 0 Å². The van der Waals surface area contributed by atoms with E-state index in [1.807, 2.05) is 7.05 Å². The molecule has 0 saturated carbocycles. The highest BCUT2D eigenvalue weighted by atomic mass is 16.5. The van der Waals surface area contributed by atoms with E-state index in [0.29, 0.717) is 6.67 Å². The first-order valence-corrected chi connectivity index (χ1v) is 5.32. The van der Waals surface area contributed by atoms with Gasteiger partial charge in [0.1, 0.15) is 5.75 Å². The Kier molecular flexibility index (Phi) is 4.15. The van der Waals surface area contributed by atoms with Crippen LogP contribution in [0, 0.1) is 20.8 Å². The van der Waals surface area contributed by atoms with Gasteiger partial charge < -0.3 is 9.64 Å². The number of anilines is 1. The Balaban J connectivity index is 3.22. The molecule has 90 valence electrons.